The fourth-order valence-electron chi connectivity index (χ4n) is 3.49. The largest absolute Gasteiger partial charge is 0.491 e. The zero-order chi connectivity index (χ0) is 20.1. The van der Waals surface area contributed by atoms with Crippen LogP contribution in [0, 0.1) is 0 Å². The molecule has 0 radical (unpaired) electrons. The highest BCUT2D eigenvalue weighted by atomic mass is 127. The van der Waals surface area contributed by atoms with Crippen LogP contribution in [0.5, 0.6) is 5.75 Å². The molecule has 29 heavy (non-hydrogen) atoms. The number of benzene rings is 1. The summed E-state index contributed by atoms with van der Waals surface area (Å²) in [5, 5.41) is 16.6. The minimum atomic E-state index is -4.43. The van der Waals surface area contributed by atoms with Crippen LogP contribution in [0.3, 0.4) is 0 Å². The van der Waals surface area contributed by atoms with E-state index < -0.39 is 17.8 Å². The zero-order valence-electron chi connectivity index (χ0n) is 16.1. The predicted octanol–water partition coefficient (Wildman–Crippen LogP) is 2.94. The molecule has 2 bridgehead atoms. The van der Waals surface area contributed by atoms with Crippen LogP contribution >= 0.6 is 24.0 Å². The SMILES string of the molecule is CCNC(=NCC(O)COc1cccc(C(F)(F)F)c1)NC1CC2CCC1O2.I. The van der Waals surface area contributed by atoms with Crippen molar-refractivity contribution < 1.29 is 27.8 Å². The molecule has 0 saturated carbocycles. The van der Waals surface area contributed by atoms with E-state index in [0.717, 1.165) is 31.4 Å². The lowest BCUT2D eigenvalue weighted by atomic mass is 9.96. The van der Waals surface area contributed by atoms with Crippen molar-refractivity contribution in [2.75, 3.05) is 19.7 Å². The van der Waals surface area contributed by atoms with Crippen molar-refractivity contribution in [2.24, 2.45) is 4.99 Å². The van der Waals surface area contributed by atoms with Crippen LogP contribution in [0.15, 0.2) is 29.3 Å². The summed E-state index contributed by atoms with van der Waals surface area (Å²) in [5.41, 5.74) is -0.788. The maximum absolute atomic E-state index is 12.7. The summed E-state index contributed by atoms with van der Waals surface area (Å²) >= 11 is 0. The van der Waals surface area contributed by atoms with Gasteiger partial charge in [0.25, 0.3) is 0 Å². The minimum absolute atomic E-state index is 0. The molecule has 3 rings (SSSR count). The molecule has 2 fully saturated rings. The maximum atomic E-state index is 12.7. The molecule has 0 amide bonds. The Morgan fingerprint density at radius 1 is 1.38 bits per heavy atom. The zero-order valence-corrected chi connectivity index (χ0v) is 18.4. The molecule has 0 aliphatic carbocycles. The molecular weight excluding hydrogens is 502 g/mol. The van der Waals surface area contributed by atoms with Gasteiger partial charge in [-0.05, 0) is 44.4 Å². The summed E-state index contributed by atoms with van der Waals surface area (Å²) in [5.74, 6) is 0.642. The number of halogens is 4. The number of nitrogens with one attached hydrogen (secondary N) is 2. The van der Waals surface area contributed by atoms with Crippen LogP contribution in [-0.2, 0) is 10.9 Å². The number of nitrogens with zero attached hydrogens (tertiary/aromatic N) is 1. The Morgan fingerprint density at radius 3 is 2.79 bits per heavy atom. The lowest BCUT2D eigenvalue weighted by molar-refractivity contribution is -0.137. The van der Waals surface area contributed by atoms with Gasteiger partial charge in [0.2, 0.25) is 0 Å². The standard InChI is InChI=1S/C19H26F3N3O3.HI/c1-2-23-18(25-16-9-15-6-7-17(16)28-15)24-10-13(26)11-27-14-5-3-4-12(8-14)19(20,21)22;/h3-5,8,13,15-17,26H,2,6-7,9-11H2,1H3,(H2,23,24,25);1H. The van der Waals surface area contributed by atoms with Gasteiger partial charge in [0.05, 0.1) is 30.4 Å². The molecule has 1 aromatic carbocycles. The van der Waals surface area contributed by atoms with Crippen LogP contribution in [0.25, 0.3) is 0 Å². The third-order valence-corrected chi connectivity index (χ3v) is 4.84. The Morgan fingerprint density at radius 2 is 2.17 bits per heavy atom. The number of rotatable bonds is 7. The number of alkyl halides is 3. The van der Waals surface area contributed by atoms with Crippen LogP contribution in [0.1, 0.15) is 31.7 Å². The van der Waals surface area contributed by atoms with E-state index >= 15 is 0 Å². The Kier molecular flexibility index (Phi) is 8.83. The van der Waals surface area contributed by atoms with Crippen molar-refractivity contribution in [1.29, 1.82) is 0 Å². The van der Waals surface area contributed by atoms with Gasteiger partial charge in [-0.2, -0.15) is 13.2 Å². The van der Waals surface area contributed by atoms with E-state index in [0.29, 0.717) is 18.6 Å². The van der Waals surface area contributed by atoms with E-state index in [4.69, 9.17) is 9.47 Å². The third-order valence-electron chi connectivity index (χ3n) is 4.84. The fourth-order valence-corrected chi connectivity index (χ4v) is 3.49. The molecule has 2 aliphatic heterocycles. The molecule has 4 atom stereocenters. The number of aliphatic hydroxyl groups is 1. The summed E-state index contributed by atoms with van der Waals surface area (Å²) in [6.45, 7) is 2.53. The third kappa shape index (κ3) is 6.88. The van der Waals surface area contributed by atoms with Gasteiger partial charge in [0.1, 0.15) is 18.5 Å². The summed E-state index contributed by atoms with van der Waals surface area (Å²) in [6.07, 6.45) is -1.78. The van der Waals surface area contributed by atoms with Gasteiger partial charge in [-0.1, -0.05) is 6.07 Å². The quantitative estimate of drug-likeness (QED) is 0.288. The second-order valence-corrected chi connectivity index (χ2v) is 7.07. The van der Waals surface area contributed by atoms with Crippen molar-refractivity contribution in [1.82, 2.24) is 10.6 Å². The average molecular weight is 529 g/mol. The molecule has 10 heteroatoms. The molecule has 164 valence electrons. The van der Waals surface area contributed by atoms with E-state index in [9.17, 15) is 18.3 Å². The lowest BCUT2D eigenvalue weighted by Gasteiger charge is -2.23. The number of hydrogen-bond acceptors (Lipinski definition) is 4. The smallest absolute Gasteiger partial charge is 0.416 e. The number of fused-ring (bicyclic) bond motifs is 2. The highest BCUT2D eigenvalue weighted by Gasteiger charge is 2.41. The highest BCUT2D eigenvalue weighted by Crippen LogP contribution is 2.34. The molecule has 2 heterocycles. The maximum Gasteiger partial charge on any atom is 0.416 e. The van der Waals surface area contributed by atoms with Crippen molar-refractivity contribution in [3.8, 4) is 5.75 Å². The second-order valence-electron chi connectivity index (χ2n) is 7.07. The van der Waals surface area contributed by atoms with Crippen LogP contribution in [-0.4, -0.2) is 55.1 Å². The molecule has 2 saturated heterocycles. The van der Waals surface area contributed by atoms with E-state index in [1.54, 1.807) is 0 Å². The predicted molar refractivity (Wildman–Crippen MR) is 114 cm³/mol. The summed E-state index contributed by atoms with van der Waals surface area (Å²) in [4.78, 5) is 4.36. The summed E-state index contributed by atoms with van der Waals surface area (Å²) in [6, 6.07) is 4.78. The Balaban J connectivity index is 0.00000300. The van der Waals surface area contributed by atoms with Crippen molar-refractivity contribution in [3.05, 3.63) is 29.8 Å². The highest BCUT2D eigenvalue weighted by molar-refractivity contribution is 14.0. The second kappa shape index (κ2) is 10.7. The van der Waals surface area contributed by atoms with Gasteiger partial charge in [-0.15, -0.1) is 24.0 Å². The van der Waals surface area contributed by atoms with Gasteiger partial charge in [0.15, 0.2) is 5.96 Å². The molecular formula is C19H27F3IN3O3. The Bertz CT molecular complexity index is 690. The first kappa shape index (κ1) is 24.0. The van der Waals surface area contributed by atoms with E-state index in [1.165, 1.54) is 12.1 Å². The van der Waals surface area contributed by atoms with Gasteiger partial charge < -0.3 is 25.2 Å². The molecule has 0 spiro atoms. The molecule has 3 N–H and O–H groups in total. The van der Waals surface area contributed by atoms with Crippen molar-refractivity contribution >= 4 is 29.9 Å². The first-order chi connectivity index (χ1) is 13.3. The minimum Gasteiger partial charge on any atom is -0.491 e. The van der Waals surface area contributed by atoms with E-state index in [-0.39, 0.29) is 55.0 Å². The van der Waals surface area contributed by atoms with Crippen LogP contribution in [0.2, 0.25) is 0 Å². The average Bonchev–Trinajstić information content (AvgIpc) is 3.27. The molecule has 1 aromatic rings. The summed E-state index contributed by atoms with van der Waals surface area (Å²) < 4.78 is 49.3. The molecule has 6 nitrogen and oxygen atoms in total. The lowest BCUT2D eigenvalue weighted by Crippen LogP contribution is -2.47. The summed E-state index contributed by atoms with van der Waals surface area (Å²) in [7, 11) is 0. The number of aliphatic hydroxyl groups excluding tert-OH is 1. The van der Waals surface area contributed by atoms with Crippen molar-refractivity contribution in [2.45, 2.75) is 56.7 Å². The normalized spacial score (nSPS) is 24.7. The first-order valence-corrected chi connectivity index (χ1v) is 9.53. The van der Waals surface area contributed by atoms with Gasteiger partial charge >= 0.3 is 6.18 Å². The number of ether oxygens (including phenoxy) is 2. The Hall–Kier alpha value is -1.27. The van der Waals surface area contributed by atoms with Crippen LogP contribution in [0.4, 0.5) is 13.2 Å². The number of guanidine groups is 1. The van der Waals surface area contributed by atoms with E-state index in [1.807, 2.05) is 6.92 Å². The molecule has 4 unspecified atom stereocenters. The number of hydrogen-bond donors (Lipinski definition) is 3. The van der Waals surface area contributed by atoms with Gasteiger partial charge in [0, 0.05) is 6.54 Å². The first-order valence-electron chi connectivity index (χ1n) is 9.53. The van der Waals surface area contributed by atoms with Gasteiger partial charge in [-0.25, -0.2) is 0 Å². The van der Waals surface area contributed by atoms with E-state index in [2.05, 4.69) is 15.6 Å². The topological polar surface area (TPSA) is 75.1 Å². The fraction of sp³-hybridized carbons (Fsp3) is 0.632. The molecule has 2 aliphatic rings. The van der Waals surface area contributed by atoms with Crippen molar-refractivity contribution in [3.63, 3.8) is 0 Å². The van der Waals surface area contributed by atoms with Gasteiger partial charge in [-0.3, -0.25) is 4.99 Å². The number of aliphatic imine (C=N–C) groups is 1. The monoisotopic (exact) mass is 529 g/mol. The van der Waals surface area contributed by atoms with Crippen LogP contribution < -0.4 is 15.4 Å². The molecule has 0 aromatic heterocycles. The Labute approximate surface area is 185 Å².